The minimum atomic E-state index is -0.469. The molecule has 198 valence electrons. The van der Waals surface area contributed by atoms with Gasteiger partial charge in [0.25, 0.3) is 0 Å². The van der Waals surface area contributed by atoms with Crippen LogP contribution in [0.15, 0.2) is 48.5 Å². The zero-order valence-electron chi connectivity index (χ0n) is 21.8. The number of aliphatic hydroxyl groups excluding tert-OH is 1. The van der Waals surface area contributed by atoms with Crippen molar-refractivity contribution in [3.63, 3.8) is 0 Å². The lowest BCUT2D eigenvalue weighted by molar-refractivity contribution is -0.148. The first kappa shape index (κ1) is 28.0. The number of hydrogen-bond acceptors (Lipinski definition) is 6. The first-order valence-electron chi connectivity index (χ1n) is 13.5. The summed E-state index contributed by atoms with van der Waals surface area (Å²) in [5.41, 5.74) is 2.31. The van der Waals surface area contributed by atoms with E-state index in [0.717, 1.165) is 57.1 Å². The SMILES string of the molecule is CCCCC[C@H](O)C[C@@H](CCc1ccc(O)c(O[C@H]2CCN[C@H](Cc3ccccc3)C2)c1)OC(C)=O. The van der Waals surface area contributed by atoms with Gasteiger partial charge in [0, 0.05) is 19.4 Å². The standard InChI is InChI=1S/C30H43NO5/c1-3-4-6-11-26(33)21-27(35-22(2)32)14-12-24-13-15-29(34)30(19-24)36-28-16-17-31-25(20-28)18-23-9-7-5-8-10-23/h5,7-10,13,15,19,25-28,31,33-34H,3-4,6,11-12,14,16-18,20-21H2,1-2H3/t25-,26+,27-,28+/m1/s1. The van der Waals surface area contributed by atoms with Gasteiger partial charge in [-0.05, 0) is 68.3 Å². The van der Waals surface area contributed by atoms with Crippen LogP contribution in [0.25, 0.3) is 0 Å². The van der Waals surface area contributed by atoms with E-state index in [1.54, 1.807) is 6.07 Å². The number of ether oxygens (including phenoxy) is 2. The van der Waals surface area contributed by atoms with E-state index in [2.05, 4.69) is 36.5 Å². The fourth-order valence-electron chi connectivity index (χ4n) is 4.95. The Kier molecular flexibility index (Phi) is 11.6. The number of aromatic hydroxyl groups is 1. The van der Waals surface area contributed by atoms with E-state index in [1.807, 2.05) is 18.2 Å². The first-order valence-corrected chi connectivity index (χ1v) is 13.5. The molecule has 0 spiro atoms. The van der Waals surface area contributed by atoms with Crippen molar-refractivity contribution in [2.45, 2.75) is 102 Å². The Morgan fingerprint density at radius 2 is 1.92 bits per heavy atom. The number of phenolic OH excluding ortho intramolecular Hbond substituents is 1. The molecule has 4 atom stereocenters. The monoisotopic (exact) mass is 497 g/mol. The molecule has 0 bridgehead atoms. The normalized spacial score (nSPS) is 19.4. The van der Waals surface area contributed by atoms with Crippen molar-refractivity contribution in [3.05, 3.63) is 59.7 Å². The average Bonchev–Trinajstić information content (AvgIpc) is 2.85. The number of esters is 1. The molecule has 1 saturated heterocycles. The summed E-state index contributed by atoms with van der Waals surface area (Å²) in [5.74, 6) is 0.313. The molecule has 0 aliphatic carbocycles. The van der Waals surface area contributed by atoms with Gasteiger partial charge < -0.3 is 25.0 Å². The first-order chi connectivity index (χ1) is 17.4. The molecule has 1 fully saturated rings. The van der Waals surface area contributed by atoms with E-state index in [4.69, 9.17) is 9.47 Å². The van der Waals surface area contributed by atoms with Gasteiger partial charge in [-0.2, -0.15) is 0 Å². The third-order valence-corrected chi connectivity index (χ3v) is 6.85. The molecule has 1 aliphatic heterocycles. The number of aliphatic hydroxyl groups is 1. The molecule has 0 radical (unpaired) electrons. The maximum absolute atomic E-state index is 11.6. The summed E-state index contributed by atoms with van der Waals surface area (Å²) < 4.78 is 11.8. The van der Waals surface area contributed by atoms with Crippen molar-refractivity contribution in [2.24, 2.45) is 0 Å². The lowest BCUT2D eigenvalue weighted by Crippen LogP contribution is -2.43. The van der Waals surface area contributed by atoms with Gasteiger partial charge in [0.05, 0.1) is 6.10 Å². The van der Waals surface area contributed by atoms with Crippen molar-refractivity contribution in [2.75, 3.05) is 6.54 Å². The van der Waals surface area contributed by atoms with Gasteiger partial charge in [0.15, 0.2) is 11.5 Å². The van der Waals surface area contributed by atoms with Gasteiger partial charge in [-0.15, -0.1) is 0 Å². The smallest absolute Gasteiger partial charge is 0.302 e. The molecule has 36 heavy (non-hydrogen) atoms. The third kappa shape index (κ3) is 9.82. The maximum atomic E-state index is 11.6. The quantitative estimate of drug-likeness (QED) is 0.242. The molecular formula is C30H43NO5. The lowest BCUT2D eigenvalue weighted by atomic mass is 9.95. The number of carbonyl (C=O) groups is 1. The van der Waals surface area contributed by atoms with Crippen LogP contribution in [0, 0.1) is 0 Å². The topological polar surface area (TPSA) is 88.0 Å². The Bertz CT molecular complexity index is 919. The molecule has 3 N–H and O–H groups in total. The van der Waals surface area contributed by atoms with E-state index >= 15 is 0 Å². The second-order valence-corrected chi connectivity index (χ2v) is 10.1. The molecule has 0 amide bonds. The van der Waals surface area contributed by atoms with E-state index in [-0.39, 0.29) is 23.9 Å². The van der Waals surface area contributed by atoms with Crippen molar-refractivity contribution >= 4 is 5.97 Å². The van der Waals surface area contributed by atoms with Gasteiger partial charge in [-0.3, -0.25) is 4.79 Å². The van der Waals surface area contributed by atoms with Crippen LogP contribution in [0.5, 0.6) is 11.5 Å². The Labute approximate surface area is 216 Å². The summed E-state index contributed by atoms with van der Waals surface area (Å²) in [7, 11) is 0. The number of nitrogens with one attached hydrogen (secondary N) is 1. The number of piperidine rings is 1. The average molecular weight is 498 g/mol. The van der Waals surface area contributed by atoms with Crippen LogP contribution in [-0.2, 0) is 22.4 Å². The van der Waals surface area contributed by atoms with Crippen LogP contribution in [0.3, 0.4) is 0 Å². The number of hydrogen-bond donors (Lipinski definition) is 3. The summed E-state index contributed by atoms with van der Waals surface area (Å²) in [5, 5.41) is 24.4. The van der Waals surface area contributed by atoms with Crippen LogP contribution >= 0.6 is 0 Å². The number of rotatable bonds is 14. The zero-order valence-corrected chi connectivity index (χ0v) is 21.8. The largest absolute Gasteiger partial charge is 0.504 e. The Hall–Kier alpha value is -2.57. The van der Waals surface area contributed by atoms with Crippen LogP contribution in [0.4, 0.5) is 0 Å². The van der Waals surface area contributed by atoms with Gasteiger partial charge >= 0.3 is 5.97 Å². The summed E-state index contributed by atoms with van der Waals surface area (Å²) in [6, 6.07) is 16.2. The summed E-state index contributed by atoms with van der Waals surface area (Å²) in [4.78, 5) is 11.6. The fourth-order valence-corrected chi connectivity index (χ4v) is 4.95. The van der Waals surface area contributed by atoms with E-state index < -0.39 is 6.10 Å². The highest BCUT2D eigenvalue weighted by molar-refractivity contribution is 5.66. The third-order valence-electron chi connectivity index (χ3n) is 6.85. The van der Waals surface area contributed by atoms with Crippen LogP contribution in [-0.4, -0.2) is 47.1 Å². The molecule has 0 aromatic heterocycles. The predicted octanol–water partition coefficient (Wildman–Crippen LogP) is 5.33. The van der Waals surface area contributed by atoms with Gasteiger partial charge in [0.2, 0.25) is 0 Å². The molecule has 3 rings (SSSR count). The van der Waals surface area contributed by atoms with Crippen molar-refractivity contribution < 1.29 is 24.5 Å². The highest BCUT2D eigenvalue weighted by Gasteiger charge is 2.24. The van der Waals surface area contributed by atoms with Gasteiger partial charge in [-0.25, -0.2) is 0 Å². The summed E-state index contributed by atoms with van der Waals surface area (Å²) in [6.07, 6.45) is 7.58. The zero-order chi connectivity index (χ0) is 25.8. The molecule has 6 heteroatoms. The highest BCUT2D eigenvalue weighted by atomic mass is 16.5. The minimum Gasteiger partial charge on any atom is -0.504 e. The van der Waals surface area contributed by atoms with Crippen molar-refractivity contribution in [3.8, 4) is 11.5 Å². The van der Waals surface area contributed by atoms with E-state index in [9.17, 15) is 15.0 Å². The molecule has 0 unspecified atom stereocenters. The second kappa shape index (κ2) is 14.9. The number of carbonyl (C=O) groups excluding carboxylic acids is 1. The predicted molar refractivity (Wildman–Crippen MR) is 142 cm³/mol. The van der Waals surface area contributed by atoms with Gasteiger partial charge in [-0.1, -0.05) is 62.6 Å². The number of unbranched alkanes of at least 4 members (excludes halogenated alkanes) is 2. The molecule has 1 heterocycles. The summed E-state index contributed by atoms with van der Waals surface area (Å²) >= 11 is 0. The minimum absolute atomic E-state index is 0.0353. The van der Waals surface area contributed by atoms with Gasteiger partial charge in [0.1, 0.15) is 12.2 Å². The molecule has 2 aromatic rings. The Balaban J connectivity index is 1.55. The van der Waals surface area contributed by atoms with Crippen LogP contribution in [0.2, 0.25) is 0 Å². The fraction of sp³-hybridized carbons (Fsp3) is 0.567. The number of phenols is 1. The lowest BCUT2D eigenvalue weighted by Gasteiger charge is -2.31. The summed E-state index contributed by atoms with van der Waals surface area (Å²) in [6.45, 7) is 4.43. The maximum Gasteiger partial charge on any atom is 0.302 e. The molecule has 6 nitrogen and oxygen atoms in total. The Morgan fingerprint density at radius 1 is 1.11 bits per heavy atom. The van der Waals surface area contributed by atoms with Crippen molar-refractivity contribution in [1.82, 2.24) is 5.32 Å². The van der Waals surface area contributed by atoms with E-state index in [0.29, 0.717) is 31.1 Å². The molecular weight excluding hydrogens is 454 g/mol. The van der Waals surface area contributed by atoms with E-state index in [1.165, 1.54) is 12.5 Å². The highest BCUT2D eigenvalue weighted by Crippen LogP contribution is 2.31. The van der Waals surface area contributed by atoms with Crippen molar-refractivity contribution in [1.29, 1.82) is 0 Å². The second-order valence-electron chi connectivity index (χ2n) is 10.1. The molecule has 1 aliphatic rings. The molecule has 0 saturated carbocycles. The Morgan fingerprint density at radius 3 is 2.67 bits per heavy atom. The van der Waals surface area contributed by atoms with Crippen LogP contribution in [0.1, 0.15) is 76.3 Å². The molecule has 2 aromatic carbocycles. The number of benzene rings is 2. The number of aryl methyl sites for hydroxylation is 1. The van der Waals surface area contributed by atoms with Crippen LogP contribution < -0.4 is 10.1 Å².